The van der Waals surface area contributed by atoms with Gasteiger partial charge in [-0.3, -0.25) is 14.7 Å². The number of aromatic nitrogens is 3. The van der Waals surface area contributed by atoms with Crippen LogP contribution in [0, 0.1) is 12.7 Å². The molecule has 8 heteroatoms. The van der Waals surface area contributed by atoms with Crippen LogP contribution in [0.25, 0.3) is 5.69 Å². The first-order valence-electron chi connectivity index (χ1n) is 9.58. The highest BCUT2D eigenvalue weighted by molar-refractivity contribution is 5.91. The summed E-state index contributed by atoms with van der Waals surface area (Å²) in [5, 5.41) is 10.6. The summed E-state index contributed by atoms with van der Waals surface area (Å²) in [5.74, 6) is -0.117. The van der Waals surface area contributed by atoms with Crippen molar-refractivity contribution >= 4 is 11.7 Å². The molecule has 0 radical (unpaired) electrons. The number of hydrogen-bond acceptors (Lipinski definition) is 5. The molecule has 1 saturated heterocycles. The fraction of sp³-hybridized carbons (Fsp3) is 0.286. The molecule has 1 fully saturated rings. The summed E-state index contributed by atoms with van der Waals surface area (Å²) in [4.78, 5) is 19.1. The predicted molar refractivity (Wildman–Crippen MR) is 108 cm³/mol. The van der Waals surface area contributed by atoms with E-state index in [0.29, 0.717) is 17.2 Å². The smallest absolute Gasteiger partial charge is 0.239 e. The molecule has 0 aliphatic carbocycles. The Bertz CT molecular complexity index is 990. The third kappa shape index (κ3) is 4.33. The molecule has 1 aromatic carbocycles. The van der Waals surface area contributed by atoms with Gasteiger partial charge in [0.1, 0.15) is 17.3 Å². The summed E-state index contributed by atoms with van der Waals surface area (Å²) >= 11 is 0. The number of piperazine rings is 1. The Balaban J connectivity index is 1.51. The number of halogens is 1. The van der Waals surface area contributed by atoms with Crippen LogP contribution in [0.4, 0.5) is 10.2 Å². The minimum Gasteiger partial charge on any atom is -0.314 e. The average molecular weight is 394 g/mol. The van der Waals surface area contributed by atoms with Crippen molar-refractivity contribution in [2.45, 2.75) is 13.0 Å². The molecule has 0 bridgehead atoms. The van der Waals surface area contributed by atoms with Crippen LogP contribution in [0.5, 0.6) is 0 Å². The van der Waals surface area contributed by atoms with Crippen LogP contribution in [0.2, 0.25) is 0 Å². The molecule has 0 saturated carbocycles. The number of benzene rings is 1. The molecule has 29 heavy (non-hydrogen) atoms. The maximum absolute atomic E-state index is 14.2. The lowest BCUT2D eigenvalue weighted by Crippen LogP contribution is -2.48. The lowest BCUT2D eigenvalue weighted by Gasteiger charge is -2.35. The maximum atomic E-state index is 14.2. The van der Waals surface area contributed by atoms with Gasteiger partial charge in [0, 0.05) is 44.1 Å². The van der Waals surface area contributed by atoms with Crippen molar-refractivity contribution in [3.05, 3.63) is 71.9 Å². The van der Waals surface area contributed by atoms with Crippen molar-refractivity contribution in [3.8, 4) is 5.69 Å². The second-order valence-corrected chi connectivity index (χ2v) is 7.06. The Morgan fingerprint density at radius 1 is 1.31 bits per heavy atom. The molecule has 7 nitrogen and oxygen atoms in total. The molecule has 1 aliphatic rings. The van der Waals surface area contributed by atoms with Crippen molar-refractivity contribution in [3.63, 3.8) is 0 Å². The van der Waals surface area contributed by atoms with Crippen LogP contribution in [-0.2, 0) is 4.79 Å². The number of carbonyl (C=O) groups is 1. The highest BCUT2D eigenvalue weighted by Crippen LogP contribution is 2.22. The summed E-state index contributed by atoms with van der Waals surface area (Å²) in [6.07, 6.45) is 3.57. The van der Waals surface area contributed by atoms with Gasteiger partial charge in [0.25, 0.3) is 0 Å². The van der Waals surface area contributed by atoms with E-state index in [1.165, 1.54) is 10.7 Å². The number of nitrogens with zero attached hydrogens (tertiary/aromatic N) is 4. The lowest BCUT2D eigenvalue weighted by atomic mass is 10.1. The summed E-state index contributed by atoms with van der Waals surface area (Å²) in [6.45, 7) is 4.35. The zero-order valence-corrected chi connectivity index (χ0v) is 16.2. The quantitative estimate of drug-likeness (QED) is 0.695. The Morgan fingerprint density at radius 3 is 2.97 bits per heavy atom. The molecule has 0 spiro atoms. The van der Waals surface area contributed by atoms with Gasteiger partial charge in [-0.2, -0.15) is 5.10 Å². The second kappa shape index (κ2) is 8.50. The Kier molecular flexibility index (Phi) is 5.64. The number of para-hydroxylation sites is 1. The summed E-state index contributed by atoms with van der Waals surface area (Å²) in [7, 11) is 0. The zero-order valence-electron chi connectivity index (χ0n) is 16.2. The fourth-order valence-corrected chi connectivity index (χ4v) is 3.60. The van der Waals surface area contributed by atoms with Gasteiger partial charge in [0.15, 0.2) is 0 Å². The normalized spacial score (nSPS) is 17.2. The molecule has 3 aromatic rings. The molecule has 1 unspecified atom stereocenters. The molecule has 2 aromatic heterocycles. The average Bonchev–Trinajstić information content (AvgIpc) is 3.09. The molecule has 1 atom stereocenters. The third-order valence-electron chi connectivity index (χ3n) is 4.95. The van der Waals surface area contributed by atoms with E-state index in [2.05, 4.69) is 25.6 Å². The summed E-state index contributed by atoms with van der Waals surface area (Å²) in [6, 6.07) is 12.1. The van der Waals surface area contributed by atoms with Crippen molar-refractivity contribution < 1.29 is 9.18 Å². The van der Waals surface area contributed by atoms with Crippen molar-refractivity contribution in [2.24, 2.45) is 0 Å². The van der Waals surface area contributed by atoms with Gasteiger partial charge in [-0.05, 0) is 30.7 Å². The van der Waals surface area contributed by atoms with E-state index >= 15 is 0 Å². The van der Waals surface area contributed by atoms with Gasteiger partial charge < -0.3 is 10.6 Å². The van der Waals surface area contributed by atoms with Gasteiger partial charge in [-0.1, -0.05) is 18.2 Å². The van der Waals surface area contributed by atoms with Crippen LogP contribution in [0.3, 0.4) is 0 Å². The van der Waals surface area contributed by atoms with Crippen LogP contribution < -0.4 is 10.6 Å². The number of rotatable bonds is 5. The highest BCUT2D eigenvalue weighted by atomic mass is 19.1. The van der Waals surface area contributed by atoms with Crippen LogP contribution in [0.1, 0.15) is 17.3 Å². The maximum Gasteiger partial charge on any atom is 0.239 e. The van der Waals surface area contributed by atoms with E-state index in [4.69, 9.17) is 0 Å². The monoisotopic (exact) mass is 394 g/mol. The Labute approximate surface area is 168 Å². The standard InChI is InChI=1S/C21H23FN6O/c1-15-11-20(28(26-15)18-7-3-2-6-17(18)22)25-21(29)14-27-10-9-24-13-19(27)16-5-4-8-23-12-16/h2-8,11-12,19,24H,9-10,13-14H2,1H3,(H,25,29). The molecular formula is C21H23FN6O. The third-order valence-corrected chi connectivity index (χ3v) is 4.95. The first-order chi connectivity index (χ1) is 14.1. The number of pyridine rings is 1. The first-order valence-corrected chi connectivity index (χ1v) is 9.58. The minimum atomic E-state index is -0.398. The highest BCUT2D eigenvalue weighted by Gasteiger charge is 2.26. The molecule has 1 aliphatic heterocycles. The number of carbonyl (C=O) groups excluding carboxylic acids is 1. The number of anilines is 1. The molecule has 4 rings (SSSR count). The van der Waals surface area contributed by atoms with E-state index in [0.717, 1.165) is 25.2 Å². The van der Waals surface area contributed by atoms with E-state index < -0.39 is 5.82 Å². The largest absolute Gasteiger partial charge is 0.314 e. The van der Waals surface area contributed by atoms with E-state index in [1.807, 2.05) is 25.3 Å². The fourth-order valence-electron chi connectivity index (χ4n) is 3.60. The second-order valence-electron chi connectivity index (χ2n) is 7.06. The Hall–Kier alpha value is -3.10. The van der Waals surface area contributed by atoms with Crippen molar-refractivity contribution in [2.75, 3.05) is 31.5 Å². The lowest BCUT2D eigenvalue weighted by molar-refractivity contribution is -0.118. The minimum absolute atomic E-state index is 0.0708. The predicted octanol–water partition coefficient (Wildman–Crippen LogP) is 2.30. The number of nitrogens with one attached hydrogen (secondary N) is 2. The topological polar surface area (TPSA) is 75.1 Å². The molecular weight excluding hydrogens is 371 g/mol. The summed E-state index contributed by atoms with van der Waals surface area (Å²) in [5.41, 5.74) is 2.06. The van der Waals surface area contributed by atoms with Gasteiger partial charge in [-0.15, -0.1) is 0 Å². The summed E-state index contributed by atoms with van der Waals surface area (Å²) < 4.78 is 15.6. The number of hydrogen-bond donors (Lipinski definition) is 2. The van der Waals surface area contributed by atoms with Crippen LogP contribution in [0.15, 0.2) is 54.9 Å². The van der Waals surface area contributed by atoms with Gasteiger partial charge in [-0.25, -0.2) is 9.07 Å². The van der Waals surface area contributed by atoms with Crippen molar-refractivity contribution in [1.29, 1.82) is 0 Å². The molecule has 3 heterocycles. The van der Waals surface area contributed by atoms with E-state index in [-0.39, 0.29) is 18.5 Å². The molecule has 2 N–H and O–H groups in total. The van der Waals surface area contributed by atoms with Gasteiger partial charge in [0.2, 0.25) is 5.91 Å². The van der Waals surface area contributed by atoms with Crippen molar-refractivity contribution in [1.82, 2.24) is 25.0 Å². The Morgan fingerprint density at radius 2 is 2.17 bits per heavy atom. The van der Waals surface area contributed by atoms with Crippen LogP contribution >= 0.6 is 0 Å². The number of amides is 1. The SMILES string of the molecule is Cc1cc(NC(=O)CN2CCNCC2c2cccnc2)n(-c2ccccc2F)n1. The van der Waals surface area contributed by atoms with Gasteiger partial charge >= 0.3 is 0 Å². The molecule has 150 valence electrons. The van der Waals surface area contributed by atoms with Crippen LogP contribution in [-0.4, -0.2) is 51.8 Å². The van der Waals surface area contributed by atoms with E-state index in [9.17, 15) is 9.18 Å². The van der Waals surface area contributed by atoms with Gasteiger partial charge in [0.05, 0.1) is 12.2 Å². The zero-order chi connectivity index (χ0) is 20.2. The van der Waals surface area contributed by atoms with E-state index in [1.54, 1.807) is 30.5 Å². The molecule has 1 amide bonds. The number of aryl methyl sites for hydroxylation is 1. The first kappa shape index (κ1) is 19.2.